The van der Waals surface area contributed by atoms with Crippen LogP contribution in [0.3, 0.4) is 0 Å². The summed E-state index contributed by atoms with van der Waals surface area (Å²) in [5.41, 5.74) is 0.677. The Labute approximate surface area is 87.1 Å². The average molecular weight is 205 g/mol. The van der Waals surface area contributed by atoms with Crippen LogP contribution in [0.25, 0.3) is 0 Å². The van der Waals surface area contributed by atoms with Gasteiger partial charge in [-0.15, -0.1) is 0 Å². The number of rotatable bonds is 4. The van der Waals surface area contributed by atoms with Crippen molar-refractivity contribution >= 4 is 0 Å². The van der Waals surface area contributed by atoms with Crippen molar-refractivity contribution in [1.82, 2.24) is 4.98 Å². The predicted molar refractivity (Wildman–Crippen MR) is 52.7 cm³/mol. The minimum Gasteiger partial charge on any atom is -0.467 e. The summed E-state index contributed by atoms with van der Waals surface area (Å²) in [6.45, 7) is 0.247. The first-order chi connectivity index (χ1) is 7.36. The predicted octanol–water partition coefficient (Wildman–Crippen LogP) is 1.88. The van der Waals surface area contributed by atoms with Crippen LogP contribution in [0, 0.1) is 0 Å². The molecule has 2 rings (SSSR count). The van der Waals surface area contributed by atoms with Crippen molar-refractivity contribution in [3.8, 4) is 0 Å². The van der Waals surface area contributed by atoms with Crippen LogP contribution in [0.4, 0.5) is 0 Å². The molecule has 1 N–H and O–H groups in total. The number of pyridine rings is 1. The lowest BCUT2D eigenvalue weighted by molar-refractivity contribution is -0.115. The van der Waals surface area contributed by atoms with Crippen LogP contribution in [0.15, 0.2) is 47.3 Å². The number of aliphatic hydroxyl groups excluding tert-OH is 1. The van der Waals surface area contributed by atoms with E-state index in [4.69, 9.17) is 9.15 Å². The zero-order valence-electron chi connectivity index (χ0n) is 8.04. The molecule has 0 aromatic carbocycles. The van der Waals surface area contributed by atoms with E-state index in [0.29, 0.717) is 11.3 Å². The summed E-state index contributed by atoms with van der Waals surface area (Å²) in [5, 5.41) is 9.63. The lowest BCUT2D eigenvalue weighted by atomic mass is 10.2. The molecule has 0 bridgehead atoms. The molecule has 0 aliphatic rings. The van der Waals surface area contributed by atoms with Crippen LogP contribution < -0.4 is 0 Å². The summed E-state index contributed by atoms with van der Waals surface area (Å²) in [6, 6.07) is 6.97. The molecule has 0 aliphatic carbocycles. The number of furan rings is 1. The molecule has 15 heavy (non-hydrogen) atoms. The number of nitrogens with zero attached hydrogens (tertiary/aromatic N) is 1. The Morgan fingerprint density at radius 3 is 2.80 bits per heavy atom. The van der Waals surface area contributed by atoms with Crippen molar-refractivity contribution in [3.63, 3.8) is 0 Å². The second kappa shape index (κ2) is 4.72. The first-order valence-electron chi connectivity index (χ1n) is 4.58. The third-order valence-electron chi connectivity index (χ3n) is 1.95. The van der Waals surface area contributed by atoms with Crippen molar-refractivity contribution < 1.29 is 14.3 Å². The zero-order valence-corrected chi connectivity index (χ0v) is 8.04. The van der Waals surface area contributed by atoms with Gasteiger partial charge in [0.05, 0.1) is 6.26 Å². The van der Waals surface area contributed by atoms with Gasteiger partial charge in [-0.2, -0.15) is 0 Å². The second-order valence-corrected chi connectivity index (χ2v) is 3.02. The Bertz CT molecular complexity index is 385. The highest BCUT2D eigenvalue weighted by atomic mass is 16.6. The van der Waals surface area contributed by atoms with Gasteiger partial charge in [-0.05, 0) is 24.3 Å². The van der Waals surface area contributed by atoms with Crippen LogP contribution in [0.5, 0.6) is 0 Å². The van der Waals surface area contributed by atoms with Gasteiger partial charge in [0.15, 0.2) is 6.29 Å². The normalized spacial score (nSPS) is 12.6. The molecule has 4 heteroatoms. The van der Waals surface area contributed by atoms with E-state index in [9.17, 15) is 5.11 Å². The van der Waals surface area contributed by atoms with E-state index in [1.807, 2.05) is 0 Å². The number of aromatic nitrogens is 1. The first kappa shape index (κ1) is 9.89. The molecule has 1 unspecified atom stereocenters. The topological polar surface area (TPSA) is 55.5 Å². The van der Waals surface area contributed by atoms with Crippen molar-refractivity contribution in [2.75, 3.05) is 0 Å². The van der Waals surface area contributed by atoms with E-state index in [0.717, 1.165) is 0 Å². The summed E-state index contributed by atoms with van der Waals surface area (Å²) < 4.78 is 10.3. The van der Waals surface area contributed by atoms with E-state index >= 15 is 0 Å². The largest absolute Gasteiger partial charge is 0.467 e. The van der Waals surface area contributed by atoms with Crippen molar-refractivity contribution in [3.05, 3.63) is 54.2 Å². The van der Waals surface area contributed by atoms with Crippen LogP contribution in [0.2, 0.25) is 0 Å². The lowest BCUT2D eigenvalue weighted by Gasteiger charge is -2.10. The summed E-state index contributed by atoms with van der Waals surface area (Å²) in [5.74, 6) is 0.683. The third-order valence-corrected chi connectivity index (χ3v) is 1.95. The molecule has 2 aromatic rings. The third kappa shape index (κ3) is 2.65. The smallest absolute Gasteiger partial charge is 0.181 e. The SMILES string of the molecule is OC(OCc1ccco1)c1ccncc1. The van der Waals surface area contributed by atoms with Gasteiger partial charge in [-0.1, -0.05) is 0 Å². The maximum absolute atomic E-state index is 9.63. The molecule has 0 spiro atoms. The Kier molecular flexibility index (Phi) is 3.11. The maximum atomic E-state index is 9.63. The highest BCUT2D eigenvalue weighted by Crippen LogP contribution is 2.15. The number of hydrogen-bond acceptors (Lipinski definition) is 4. The molecule has 2 heterocycles. The molecule has 78 valence electrons. The van der Waals surface area contributed by atoms with Crippen molar-refractivity contribution in [2.45, 2.75) is 12.9 Å². The molecular formula is C11H11NO3. The Hall–Kier alpha value is -1.65. The molecule has 2 aromatic heterocycles. The van der Waals surface area contributed by atoms with E-state index in [2.05, 4.69) is 4.98 Å². The molecule has 0 saturated carbocycles. The van der Waals surface area contributed by atoms with Crippen LogP contribution in [-0.2, 0) is 11.3 Å². The van der Waals surface area contributed by atoms with Crippen LogP contribution in [0.1, 0.15) is 17.6 Å². The fourth-order valence-corrected chi connectivity index (χ4v) is 1.18. The van der Waals surface area contributed by atoms with Gasteiger partial charge in [-0.25, -0.2) is 0 Å². The fraction of sp³-hybridized carbons (Fsp3) is 0.182. The average Bonchev–Trinajstić information content (AvgIpc) is 2.80. The molecule has 4 nitrogen and oxygen atoms in total. The summed E-state index contributed by atoms with van der Waals surface area (Å²) >= 11 is 0. The Morgan fingerprint density at radius 1 is 1.33 bits per heavy atom. The minimum absolute atomic E-state index is 0.247. The molecule has 0 fully saturated rings. The molecule has 1 atom stereocenters. The highest BCUT2D eigenvalue weighted by molar-refractivity contribution is 5.10. The van der Waals surface area contributed by atoms with Gasteiger partial charge in [0.25, 0.3) is 0 Å². The van der Waals surface area contributed by atoms with Gasteiger partial charge in [-0.3, -0.25) is 4.98 Å². The molecule has 0 aliphatic heterocycles. The molecule has 0 radical (unpaired) electrons. The van der Waals surface area contributed by atoms with Gasteiger partial charge in [0.1, 0.15) is 12.4 Å². The van der Waals surface area contributed by atoms with Gasteiger partial charge in [0, 0.05) is 18.0 Å². The standard InChI is InChI=1S/C11H11NO3/c13-11(9-3-5-12-6-4-9)15-8-10-2-1-7-14-10/h1-7,11,13H,8H2. The number of aliphatic hydroxyl groups is 1. The van der Waals surface area contributed by atoms with Crippen LogP contribution in [-0.4, -0.2) is 10.1 Å². The van der Waals surface area contributed by atoms with E-state index in [-0.39, 0.29) is 6.61 Å². The van der Waals surface area contributed by atoms with Crippen molar-refractivity contribution in [1.29, 1.82) is 0 Å². The lowest BCUT2D eigenvalue weighted by Crippen LogP contribution is -2.02. The monoisotopic (exact) mass is 205 g/mol. The van der Waals surface area contributed by atoms with E-state index < -0.39 is 6.29 Å². The summed E-state index contributed by atoms with van der Waals surface area (Å²) in [4.78, 5) is 3.85. The quantitative estimate of drug-likeness (QED) is 0.774. The summed E-state index contributed by atoms with van der Waals surface area (Å²) in [7, 11) is 0. The summed E-state index contributed by atoms with van der Waals surface area (Å²) in [6.07, 6.45) is 3.83. The van der Waals surface area contributed by atoms with Gasteiger partial charge >= 0.3 is 0 Å². The fourth-order valence-electron chi connectivity index (χ4n) is 1.18. The van der Waals surface area contributed by atoms with E-state index in [1.54, 1.807) is 42.9 Å². The second-order valence-electron chi connectivity index (χ2n) is 3.02. The van der Waals surface area contributed by atoms with Crippen LogP contribution >= 0.6 is 0 Å². The Morgan fingerprint density at radius 2 is 2.13 bits per heavy atom. The number of ether oxygens (including phenoxy) is 1. The van der Waals surface area contributed by atoms with Gasteiger partial charge < -0.3 is 14.3 Å². The zero-order chi connectivity index (χ0) is 10.5. The first-order valence-corrected chi connectivity index (χ1v) is 4.58. The molecular weight excluding hydrogens is 194 g/mol. The van der Waals surface area contributed by atoms with Crippen molar-refractivity contribution in [2.24, 2.45) is 0 Å². The minimum atomic E-state index is -0.946. The molecule has 0 amide bonds. The Balaban J connectivity index is 1.90. The molecule has 0 saturated heterocycles. The highest BCUT2D eigenvalue weighted by Gasteiger charge is 2.07. The number of hydrogen-bond donors (Lipinski definition) is 1. The maximum Gasteiger partial charge on any atom is 0.181 e. The van der Waals surface area contributed by atoms with Gasteiger partial charge in [0.2, 0.25) is 0 Å². The van der Waals surface area contributed by atoms with E-state index in [1.165, 1.54) is 0 Å².